The first-order valence-electron chi connectivity index (χ1n) is 6.31. The Morgan fingerprint density at radius 3 is 2.80 bits per heavy atom. The van der Waals surface area contributed by atoms with E-state index >= 15 is 0 Å². The predicted octanol–water partition coefficient (Wildman–Crippen LogP) is 4.06. The SMILES string of the molecule is Cc1sc(COc2cccc([N+](=O)[O-])c2)nc1C(C)C. The van der Waals surface area contributed by atoms with E-state index in [1.54, 1.807) is 23.5 Å². The number of non-ortho nitro benzene ring substituents is 1. The maximum absolute atomic E-state index is 10.7. The van der Waals surface area contributed by atoms with E-state index in [4.69, 9.17) is 4.74 Å². The molecule has 0 saturated carbocycles. The van der Waals surface area contributed by atoms with Crippen molar-refractivity contribution in [1.82, 2.24) is 4.98 Å². The van der Waals surface area contributed by atoms with Gasteiger partial charge in [-0.1, -0.05) is 19.9 Å². The molecule has 5 nitrogen and oxygen atoms in total. The highest BCUT2D eigenvalue weighted by atomic mass is 32.1. The van der Waals surface area contributed by atoms with Gasteiger partial charge in [-0.05, 0) is 18.9 Å². The zero-order valence-electron chi connectivity index (χ0n) is 11.6. The van der Waals surface area contributed by atoms with Crippen LogP contribution in [0.3, 0.4) is 0 Å². The monoisotopic (exact) mass is 292 g/mol. The van der Waals surface area contributed by atoms with Crippen molar-refractivity contribution < 1.29 is 9.66 Å². The smallest absolute Gasteiger partial charge is 0.273 e. The molecule has 0 saturated heterocycles. The fourth-order valence-electron chi connectivity index (χ4n) is 1.89. The van der Waals surface area contributed by atoms with Crippen LogP contribution in [-0.2, 0) is 6.61 Å². The van der Waals surface area contributed by atoms with Crippen molar-refractivity contribution in [3.63, 3.8) is 0 Å². The molecular weight excluding hydrogens is 276 g/mol. The first kappa shape index (κ1) is 14.5. The molecule has 2 rings (SSSR count). The average Bonchev–Trinajstić information content (AvgIpc) is 2.78. The van der Waals surface area contributed by atoms with Crippen LogP contribution in [0.15, 0.2) is 24.3 Å². The Morgan fingerprint density at radius 1 is 1.45 bits per heavy atom. The van der Waals surface area contributed by atoms with E-state index in [0.29, 0.717) is 18.3 Å². The summed E-state index contributed by atoms with van der Waals surface area (Å²) < 4.78 is 5.57. The summed E-state index contributed by atoms with van der Waals surface area (Å²) in [6, 6.07) is 6.18. The number of hydrogen-bond acceptors (Lipinski definition) is 5. The summed E-state index contributed by atoms with van der Waals surface area (Å²) in [6.07, 6.45) is 0. The lowest BCUT2D eigenvalue weighted by Gasteiger charge is -2.03. The summed E-state index contributed by atoms with van der Waals surface area (Å²) in [5, 5.41) is 11.6. The Labute approximate surface area is 121 Å². The van der Waals surface area contributed by atoms with E-state index in [2.05, 4.69) is 18.8 Å². The number of ether oxygens (including phenoxy) is 1. The number of nitrogens with zero attached hydrogens (tertiary/aromatic N) is 2. The molecule has 0 N–H and O–H groups in total. The Kier molecular flexibility index (Phi) is 4.34. The molecule has 0 bridgehead atoms. The Bertz CT molecular complexity index is 623. The van der Waals surface area contributed by atoms with Gasteiger partial charge < -0.3 is 4.74 Å². The zero-order valence-corrected chi connectivity index (χ0v) is 12.4. The lowest BCUT2D eigenvalue weighted by atomic mass is 10.1. The van der Waals surface area contributed by atoms with Crippen molar-refractivity contribution in [1.29, 1.82) is 0 Å². The van der Waals surface area contributed by atoms with Crippen LogP contribution >= 0.6 is 11.3 Å². The Morgan fingerprint density at radius 2 is 2.20 bits per heavy atom. The topological polar surface area (TPSA) is 65.3 Å². The van der Waals surface area contributed by atoms with Gasteiger partial charge in [-0.2, -0.15) is 0 Å². The van der Waals surface area contributed by atoms with Gasteiger partial charge in [0, 0.05) is 10.9 Å². The maximum atomic E-state index is 10.7. The number of hydrogen-bond donors (Lipinski definition) is 0. The molecule has 0 aliphatic heterocycles. The second-order valence-electron chi connectivity index (χ2n) is 4.75. The number of thiazole rings is 1. The predicted molar refractivity (Wildman–Crippen MR) is 78.4 cm³/mol. The van der Waals surface area contributed by atoms with E-state index in [1.165, 1.54) is 17.0 Å². The van der Waals surface area contributed by atoms with Gasteiger partial charge in [-0.25, -0.2) is 4.98 Å². The van der Waals surface area contributed by atoms with Crippen LogP contribution in [0.2, 0.25) is 0 Å². The van der Waals surface area contributed by atoms with Crippen molar-refractivity contribution in [2.45, 2.75) is 33.3 Å². The number of aromatic nitrogens is 1. The largest absolute Gasteiger partial charge is 0.486 e. The van der Waals surface area contributed by atoms with Crippen molar-refractivity contribution in [3.8, 4) is 5.75 Å². The molecule has 0 unspecified atom stereocenters. The molecule has 2 aromatic rings. The van der Waals surface area contributed by atoms with Crippen molar-refractivity contribution >= 4 is 17.0 Å². The minimum atomic E-state index is -0.433. The van der Waals surface area contributed by atoms with Crippen LogP contribution in [0.1, 0.15) is 35.3 Å². The summed E-state index contributed by atoms with van der Waals surface area (Å²) in [5.74, 6) is 0.871. The first-order chi connectivity index (χ1) is 9.47. The van der Waals surface area contributed by atoms with Gasteiger partial charge in [-0.3, -0.25) is 10.1 Å². The molecule has 1 aromatic heterocycles. The normalized spacial score (nSPS) is 10.8. The van der Waals surface area contributed by atoms with Crippen molar-refractivity contribution in [2.24, 2.45) is 0 Å². The summed E-state index contributed by atoms with van der Waals surface area (Å²) in [6.45, 7) is 6.59. The molecule has 6 heteroatoms. The number of aryl methyl sites for hydroxylation is 1. The summed E-state index contributed by atoms with van der Waals surface area (Å²) >= 11 is 1.60. The van der Waals surface area contributed by atoms with E-state index in [0.717, 1.165) is 10.7 Å². The number of rotatable bonds is 5. The third-order valence-corrected chi connectivity index (χ3v) is 3.77. The maximum Gasteiger partial charge on any atom is 0.273 e. The van der Waals surface area contributed by atoms with Crippen LogP contribution in [0.25, 0.3) is 0 Å². The highest BCUT2D eigenvalue weighted by Gasteiger charge is 2.12. The third kappa shape index (κ3) is 3.33. The summed E-state index contributed by atoms with van der Waals surface area (Å²) in [4.78, 5) is 16.0. The molecule has 0 aliphatic carbocycles. The second kappa shape index (κ2) is 6.00. The Balaban J connectivity index is 2.07. The molecule has 0 aliphatic rings. The quantitative estimate of drug-likeness (QED) is 0.615. The van der Waals surface area contributed by atoms with Gasteiger partial charge in [0.15, 0.2) is 0 Å². The Hall–Kier alpha value is -1.95. The van der Waals surface area contributed by atoms with E-state index in [1.807, 2.05) is 6.92 Å². The van der Waals surface area contributed by atoms with E-state index < -0.39 is 4.92 Å². The van der Waals surface area contributed by atoms with Gasteiger partial charge in [0.05, 0.1) is 16.7 Å². The molecule has 20 heavy (non-hydrogen) atoms. The molecule has 1 heterocycles. The van der Waals surface area contributed by atoms with Gasteiger partial charge in [0.25, 0.3) is 5.69 Å². The van der Waals surface area contributed by atoms with Gasteiger partial charge >= 0.3 is 0 Å². The van der Waals surface area contributed by atoms with Gasteiger partial charge in [0.2, 0.25) is 0 Å². The molecule has 0 spiro atoms. The van der Waals surface area contributed by atoms with Gasteiger partial charge in [0.1, 0.15) is 17.4 Å². The van der Waals surface area contributed by atoms with E-state index in [-0.39, 0.29) is 5.69 Å². The van der Waals surface area contributed by atoms with Crippen LogP contribution in [0.5, 0.6) is 5.75 Å². The highest BCUT2D eigenvalue weighted by Crippen LogP contribution is 2.26. The van der Waals surface area contributed by atoms with Crippen LogP contribution in [0.4, 0.5) is 5.69 Å². The van der Waals surface area contributed by atoms with Gasteiger partial charge in [-0.15, -0.1) is 11.3 Å². The molecule has 106 valence electrons. The molecule has 0 fully saturated rings. The second-order valence-corrected chi connectivity index (χ2v) is 6.03. The standard InChI is InChI=1S/C14H16N2O3S/c1-9(2)14-10(3)20-13(15-14)8-19-12-6-4-5-11(7-12)16(17)18/h4-7,9H,8H2,1-3H3. The average molecular weight is 292 g/mol. The minimum absolute atomic E-state index is 0.0284. The van der Waals surface area contributed by atoms with Crippen molar-refractivity contribution in [2.75, 3.05) is 0 Å². The fraction of sp³-hybridized carbons (Fsp3) is 0.357. The number of nitro benzene ring substituents is 1. The molecule has 1 aromatic carbocycles. The van der Waals surface area contributed by atoms with Crippen LogP contribution in [0, 0.1) is 17.0 Å². The van der Waals surface area contributed by atoms with Crippen LogP contribution < -0.4 is 4.74 Å². The summed E-state index contributed by atoms with van der Waals surface area (Å²) in [5.41, 5.74) is 1.12. The van der Waals surface area contributed by atoms with Crippen molar-refractivity contribution in [3.05, 3.63) is 50.0 Å². The number of benzene rings is 1. The minimum Gasteiger partial charge on any atom is -0.486 e. The molecular formula is C14H16N2O3S. The lowest BCUT2D eigenvalue weighted by molar-refractivity contribution is -0.384. The first-order valence-corrected chi connectivity index (χ1v) is 7.12. The fourth-order valence-corrected chi connectivity index (χ4v) is 2.90. The molecule has 0 amide bonds. The lowest BCUT2D eigenvalue weighted by Crippen LogP contribution is -1.97. The zero-order chi connectivity index (χ0) is 14.7. The molecule has 0 atom stereocenters. The summed E-state index contributed by atoms with van der Waals surface area (Å²) in [7, 11) is 0. The number of nitro groups is 1. The third-order valence-electron chi connectivity index (χ3n) is 2.81. The highest BCUT2D eigenvalue weighted by molar-refractivity contribution is 7.11. The van der Waals surface area contributed by atoms with Crippen LogP contribution in [-0.4, -0.2) is 9.91 Å². The van der Waals surface area contributed by atoms with E-state index in [9.17, 15) is 10.1 Å². The molecule has 0 radical (unpaired) electrons.